The SMILES string of the molecule is C#Cc1cnc2ccccc2c1NC(C)(C)C. The quantitative estimate of drug-likeness (QED) is 0.751. The van der Waals surface area contributed by atoms with Crippen LogP contribution < -0.4 is 5.32 Å². The number of nitrogens with zero attached hydrogens (tertiary/aromatic N) is 1. The molecule has 2 aromatic rings. The predicted molar refractivity (Wildman–Crippen MR) is 73.1 cm³/mol. The summed E-state index contributed by atoms with van der Waals surface area (Å²) in [6.45, 7) is 6.34. The molecule has 1 aromatic heterocycles. The smallest absolute Gasteiger partial charge is 0.0723 e. The number of aromatic nitrogens is 1. The van der Waals surface area contributed by atoms with Crippen molar-refractivity contribution < 1.29 is 0 Å². The average Bonchev–Trinajstić information content (AvgIpc) is 2.28. The van der Waals surface area contributed by atoms with E-state index in [1.165, 1.54) is 0 Å². The van der Waals surface area contributed by atoms with Crippen LogP contribution in [0.25, 0.3) is 10.9 Å². The summed E-state index contributed by atoms with van der Waals surface area (Å²) >= 11 is 0. The molecule has 17 heavy (non-hydrogen) atoms. The molecule has 0 radical (unpaired) electrons. The molecule has 1 N–H and O–H groups in total. The standard InChI is InChI=1S/C15H16N2/c1-5-11-10-16-13-9-7-6-8-12(13)14(11)17-15(2,3)4/h1,6-10H,2-4H3,(H,16,17). The van der Waals surface area contributed by atoms with Gasteiger partial charge in [0.05, 0.1) is 16.8 Å². The summed E-state index contributed by atoms with van der Waals surface area (Å²) in [6, 6.07) is 8.00. The first kappa shape index (κ1) is 11.5. The Morgan fingerprint density at radius 2 is 1.94 bits per heavy atom. The Kier molecular flexibility index (Phi) is 2.77. The second-order valence-corrected chi connectivity index (χ2v) is 5.08. The zero-order chi connectivity index (χ0) is 12.5. The van der Waals surface area contributed by atoms with Crippen LogP contribution in [0.1, 0.15) is 26.3 Å². The molecule has 0 amide bonds. The first-order valence-corrected chi connectivity index (χ1v) is 5.64. The van der Waals surface area contributed by atoms with Crippen molar-refractivity contribution in [2.75, 3.05) is 5.32 Å². The highest BCUT2D eigenvalue weighted by molar-refractivity contribution is 5.94. The van der Waals surface area contributed by atoms with E-state index in [0.717, 1.165) is 22.2 Å². The van der Waals surface area contributed by atoms with Crippen molar-refractivity contribution in [3.05, 3.63) is 36.0 Å². The van der Waals surface area contributed by atoms with E-state index < -0.39 is 0 Å². The van der Waals surface area contributed by atoms with Gasteiger partial charge in [-0.1, -0.05) is 24.1 Å². The van der Waals surface area contributed by atoms with Crippen molar-refractivity contribution in [1.82, 2.24) is 4.98 Å². The normalized spacial score (nSPS) is 11.2. The maximum absolute atomic E-state index is 5.53. The molecule has 0 saturated heterocycles. The molecule has 86 valence electrons. The lowest BCUT2D eigenvalue weighted by molar-refractivity contribution is 0.634. The zero-order valence-electron chi connectivity index (χ0n) is 10.4. The van der Waals surface area contributed by atoms with E-state index in [2.05, 4.69) is 37.0 Å². The zero-order valence-corrected chi connectivity index (χ0v) is 10.4. The second-order valence-electron chi connectivity index (χ2n) is 5.08. The molecule has 0 aliphatic rings. The lowest BCUT2D eigenvalue weighted by atomic mass is 10.0. The highest BCUT2D eigenvalue weighted by atomic mass is 15.0. The van der Waals surface area contributed by atoms with Gasteiger partial charge in [-0.3, -0.25) is 4.98 Å². The topological polar surface area (TPSA) is 24.9 Å². The van der Waals surface area contributed by atoms with Crippen molar-refractivity contribution in [3.8, 4) is 12.3 Å². The van der Waals surface area contributed by atoms with Crippen LogP contribution in [0.2, 0.25) is 0 Å². The largest absolute Gasteiger partial charge is 0.379 e. The van der Waals surface area contributed by atoms with E-state index in [1.54, 1.807) is 6.20 Å². The van der Waals surface area contributed by atoms with Gasteiger partial charge in [-0.05, 0) is 26.8 Å². The monoisotopic (exact) mass is 224 g/mol. The van der Waals surface area contributed by atoms with Gasteiger partial charge >= 0.3 is 0 Å². The number of fused-ring (bicyclic) bond motifs is 1. The highest BCUT2D eigenvalue weighted by Gasteiger charge is 2.14. The maximum atomic E-state index is 5.53. The predicted octanol–water partition coefficient (Wildman–Crippen LogP) is 3.43. The van der Waals surface area contributed by atoms with Gasteiger partial charge in [0.1, 0.15) is 0 Å². The molecular weight excluding hydrogens is 208 g/mol. The summed E-state index contributed by atoms with van der Waals surface area (Å²) in [7, 11) is 0. The summed E-state index contributed by atoms with van der Waals surface area (Å²) in [6.07, 6.45) is 7.28. The molecule has 1 heterocycles. The van der Waals surface area contributed by atoms with Gasteiger partial charge in [0.25, 0.3) is 0 Å². The minimum atomic E-state index is -0.0320. The van der Waals surface area contributed by atoms with E-state index in [-0.39, 0.29) is 5.54 Å². The lowest BCUT2D eigenvalue weighted by Crippen LogP contribution is -2.26. The van der Waals surface area contributed by atoms with E-state index in [0.29, 0.717) is 0 Å². The number of benzene rings is 1. The number of hydrogen-bond donors (Lipinski definition) is 1. The number of pyridine rings is 1. The molecule has 0 aliphatic heterocycles. The Labute approximate surface area is 102 Å². The molecule has 1 aromatic carbocycles. The van der Waals surface area contributed by atoms with Gasteiger partial charge in [0.2, 0.25) is 0 Å². The maximum Gasteiger partial charge on any atom is 0.0723 e. The Morgan fingerprint density at radius 3 is 2.59 bits per heavy atom. The Bertz CT molecular complexity index is 586. The van der Waals surface area contributed by atoms with Crippen LogP contribution in [-0.4, -0.2) is 10.5 Å². The van der Waals surface area contributed by atoms with E-state index in [1.807, 2.05) is 24.3 Å². The minimum Gasteiger partial charge on any atom is -0.379 e. The third kappa shape index (κ3) is 2.39. The molecule has 0 saturated carbocycles. The Balaban J connectivity index is 2.68. The van der Waals surface area contributed by atoms with Crippen LogP contribution in [0.5, 0.6) is 0 Å². The van der Waals surface area contributed by atoms with Crippen molar-refractivity contribution in [2.24, 2.45) is 0 Å². The van der Waals surface area contributed by atoms with Crippen molar-refractivity contribution in [3.63, 3.8) is 0 Å². The highest BCUT2D eigenvalue weighted by Crippen LogP contribution is 2.27. The van der Waals surface area contributed by atoms with Crippen molar-refractivity contribution in [2.45, 2.75) is 26.3 Å². The number of nitrogens with one attached hydrogen (secondary N) is 1. The lowest BCUT2D eigenvalue weighted by Gasteiger charge is -2.24. The van der Waals surface area contributed by atoms with E-state index in [4.69, 9.17) is 6.42 Å². The van der Waals surface area contributed by atoms with Crippen molar-refractivity contribution >= 4 is 16.6 Å². The summed E-state index contributed by atoms with van der Waals surface area (Å²) in [5, 5.41) is 4.53. The number of anilines is 1. The van der Waals surface area contributed by atoms with E-state index >= 15 is 0 Å². The van der Waals surface area contributed by atoms with Gasteiger partial charge < -0.3 is 5.32 Å². The van der Waals surface area contributed by atoms with Crippen LogP contribution in [0.4, 0.5) is 5.69 Å². The molecule has 0 fully saturated rings. The number of hydrogen-bond acceptors (Lipinski definition) is 2. The molecule has 2 rings (SSSR count). The van der Waals surface area contributed by atoms with Crippen LogP contribution in [0.15, 0.2) is 30.5 Å². The molecule has 0 spiro atoms. The van der Waals surface area contributed by atoms with Crippen LogP contribution in [0, 0.1) is 12.3 Å². The second kappa shape index (κ2) is 4.10. The Morgan fingerprint density at radius 1 is 1.24 bits per heavy atom. The van der Waals surface area contributed by atoms with Crippen LogP contribution in [-0.2, 0) is 0 Å². The molecule has 0 atom stereocenters. The first-order valence-electron chi connectivity index (χ1n) is 5.64. The fraction of sp³-hybridized carbons (Fsp3) is 0.267. The van der Waals surface area contributed by atoms with Gasteiger partial charge in [0, 0.05) is 17.1 Å². The number of terminal acetylenes is 1. The Hall–Kier alpha value is -2.01. The summed E-state index contributed by atoms with van der Waals surface area (Å²) in [5.74, 6) is 2.69. The van der Waals surface area contributed by atoms with Gasteiger partial charge in [-0.25, -0.2) is 0 Å². The third-order valence-corrected chi connectivity index (χ3v) is 2.43. The van der Waals surface area contributed by atoms with Gasteiger partial charge in [0.15, 0.2) is 0 Å². The molecule has 0 unspecified atom stereocenters. The van der Waals surface area contributed by atoms with E-state index in [9.17, 15) is 0 Å². The minimum absolute atomic E-state index is 0.0320. The number of para-hydroxylation sites is 1. The first-order chi connectivity index (χ1) is 8.01. The molecule has 2 heteroatoms. The fourth-order valence-electron chi connectivity index (χ4n) is 1.76. The van der Waals surface area contributed by atoms with Gasteiger partial charge in [-0.15, -0.1) is 6.42 Å². The average molecular weight is 224 g/mol. The van der Waals surface area contributed by atoms with Crippen LogP contribution >= 0.6 is 0 Å². The third-order valence-electron chi connectivity index (χ3n) is 2.43. The number of rotatable bonds is 1. The van der Waals surface area contributed by atoms with Crippen LogP contribution in [0.3, 0.4) is 0 Å². The summed E-state index contributed by atoms with van der Waals surface area (Å²) in [5.41, 5.74) is 2.72. The van der Waals surface area contributed by atoms with Gasteiger partial charge in [-0.2, -0.15) is 0 Å². The molecular formula is C15H16N2. The van der Waals surface area contributed by atoms with Crippen molar-refractivity contribution in [1.29, 1.82) is 0 Å². The summed E-state index contributed by atoms with van der Waals surface area (Å²) < 4.78 is 0. The fourth-order valence-corrected chi connectivity index (χ4v) is 1.76. The molecule has 2 nitrogen and oxygen atoms in total. The molecule has 0 aliphatic carbocycles. The molecule has 0 bridgehead atoms. The summed E-state index contributed by atoms with van der Waals surface area (Å²) in [4.78, 5) is 4.36.